The van der Waals surface area contributed by atoms with Crippen LogP contribution in [0, 0.1) is 6.92 Å². The number of nitrogens with zero attached hydrogens (tertiary/aromatic N) is 1. The van der Waals surface area contributed by atoms with Crippen molar-refractivity contribution in [2.24, 2.45) is 4.99 Å². The van der Waals surface area contributed by atoms with E-state index in [1.54, 1.807) is 0 Å². The number of aryl methyl sites for hydroxylation is 1. The van der Waals surface area contributed by atoms with E-state index in [0.29, 0.717) is 0 Å². The van der Waals surface area contributed by atoms with Crippen molar-refractivity contribution in [2.75, 3.05) is 0 Å². The highest BCUT2D eigenvalue weighted by Crippen LogP contribution is 2.34. The molecule has 2 heterocycles. The normalized spacial score (nSPS) is 19.0. The SMILES string of the molecule is Cc1ccc(-c2cc(-c3ccc(C4=c5ccccc5=C5C=CC=CC5N4)cc3)cc(C3N=C(c4ccccc4)NC(c4ccccc4)N3)c2)cc1. The fraction of sp³-hybridized carbons (Fsp3) is 0.0851. The van der Waals surface area contributed by atoms with Crippen molar-refractivity contribution < 1.29 is 0 Å². The van der Waals surface area contributed by atoms with E-state index in [2.05, 4.69) is 193 Å². The standard InChI is InChI=1S/C47H38N4/c1-31-20-22-32(23-21-31)37-28-38(33-24-26-34(27-25-33)44-42-18-9-8-16-40(42)41-17-10-11-19-43(41)48-44)30-39(29-37)47-50-45(35-12-4-2-5-13-35)49-46(51-47)36-14-6-3-7-15-36/h2-30,43,45,47-48,50H,1H3,(H,49,51). The number of hydrogen-bond acceptors (Lipinski definition) is 4. The molecule has 246 valence electrons. The maximum Gasteiger partial charge on any atom is 0.131 e. The first kappa shape index (κ1) is 30.8. The summed E-state index contributed by atoms with van der Waals surface area (Å²) in [5.41, 5.74) is 12.9. The number of nitrogens with one attached hydrogen (secondary N) is 3. The second-order valence-corrected chi connectivity index (χ2v) is 13.4. The quantitative estimate of drug-likeness (QED) is 0.170. The smallest absolute Gasteiger partial charge is 0.131 e. The summed E-state index contributed by atoms with van der Waals surface area (Å²) in [7, 11) is 0. The fourth-order valence-corrected chi connectivity index (χ4v) is 7.36. The Bertz CT molecular complexity index is 2440. The van der Waals surface area contributed by atoms with Crippen LogP contribution in [0.1, 0.15) is 40.1 Å². The van der Waals surface area contributed by atoms with Crippen LogP contribution >= 0.6 is 0 Å². The minimum absolute atomic E-state index is 0.107. The van der Waals surface area contributed by atoms with Gasteiger partial charge in [0.15, 0.2) is 0 Å². The Morgan fingerprint density at radius 3 is 1.86 bits per heavy atom. The molecule has 9 rings (SSSR count). The molecular formula is C47H38N4. The molecule has 0 bridgehead atoms. The lowest BCUT2D eigenvalue weighted by Crippen LogP contribution is -2.45. The Morgan fingerprint density at radius 1 is 0.510 bits per heavy atom. The molecule has 0 fully saturated rings. The van der Waals surface area contributed by atoms with Gasteiger partial charge in [0.1, 0.15) is 18.2 Å². The molecule has 0 saturated carbocycles. The third-order valence-electron chi connectivity index (χ3n) is 10.0. The zero-order chi connectivity index (χ0) is 34.1. The van der Waals surface area contributed by atoms with Crippen molar-refractivity contribution in [3.63, 3.8) is 0 Å². The van der Waals surface area contributed by atoms with Gasteiger partial charge in [-0.15, -0.1) is 0 Å². The van der Waals surface area contributed by atoms with E-state index in [-0.39, 0.29) is 18.4 Å². The second kappa shape index (κ2) is 13.2. The maximum atomic E-state index is 5.28. The third kappa shape index (κ3) is 6.11. The highest BCUT2D eigenvalue weighted by Gasteiger charge is 2.26. The first-order valence-electron chi connectivity index (χ1n) is 17.6. The van der Waals surface area contributed by atoms with Gasteiger partial charge in [-0.1, -0.05) is 163 Å². The van der Waals surface area contributed by atoms with Crippen LogP contribution in [0.2, 0.25) is 0 Å². The van der Waals surface area contributed by atoms with E-state index < -0.39 is 0 Å². The van der Waals surface area contributed by atoms with Gasteiger partial charge in [0.05, 0.1) is 11.7 Å². The Morgan fingerprint density at radius 2 is 1.14 bits per heavy atom. The Balaban J connectivity index is 1.15. The Hall–Kier alpha value is -6.23. The molecule has 0 aromatic heterocycles. The zero-order valence-corrected chi connectivity index (χ0v) is 28.4. The van der Waals surface area contributed by atoms with E-state index >= 15 is 0 Å². The van der Waals surface area contributed by atoms with Crippen molar-refractivity contribution in [3.8, 4) is 22.3 Å². The van der Waals surface area contributed by atoms with Crippen LogP contribution < -0.4 is 26.4 Å². The van der Waals surface area contributed by atoms with E-state index in [1.807, 2.05) is 6.07 Å². The highest BCUT2D eigenvalue weighted by molar-refractivity contribution is 5.99. The predicted molar refractivity (Wildman–Crippen MR) is 210 cm³/mol. The van der Waals surface area contributed by atoms with Gasteiger partial charge in [-0.25, -0.2) is 4.99 Å². The second-order valence-electron chi connectivity index (χ2n) is 13.4. The summed E-state index contributed by atoms with van der Waals surface area (Å²) in [6.07, 6.45) is 8.34. The molecule has 3 atom stereocenters. The molecule has 0 spiro atoms. The monoisotopic (exact) mass is 658 g/mol. The molecule has 6 aromatic carbocycles. The predicted octanol–water partition coefficient (Wildman–Crippen LogP) is 8.07. The molecule has 3 unspecified atom stereocenters. The minimum atomic E-state index is -0.267. The zero-order valence-electron chi connectivity index (χ0n) is 28.4. The average Bonchev–Trinajstić information content (AvgIpc) is 3.21. The minimum Gasteiger partial charge on any atom is -0.374 e. The summed E-state index contributed by atoms with van der Waals surface area (Å²) < 4.78 is 0. The molecule has 0 radical (unpaired) electrons. The van der Waals surface area contributed by atoms with E-state index in [9.17, 15) is 0 Å². The van der Waals surface area contributed by atoms with E-state index in [1.165, 1.54) is 32.7 Å². The molecule has 0 saturated heterocycles. The van der Waals surface area contributed by atoms with Crippen LogP contribution in [0.3, 0.4) is 0 Å². The number of allylic oxidation sites excluding steroid dienone is 2. The number of fused-ring (bicyclic) bond motifs is 2. The molecule has 6 aromatic rings. The van der Waals surface area contributed by atoms with Gasteiger partial charge >= 0.3 is 0 Å². The van der Waals surface area contributed by atoms with Crippen LogP contribution in [-0.2, 0) is 0 Å². The third-order valence-corrected chi connectivity index (χ3v) is 10.0. The van der Waals surface area contributed by atoms with Crippen molar-refractivity contribution in [3.05, 3.63) is 214 Å². The van der Waals surface area contributed by atoms with Gasteiger partial charge in [-0.05, 0) is 74.9 Å². The van der Waals surface area contributed by atoms with Crippen molar-refractivity contribution in [2.45, 2.75) is 25.3 Å². The van der Waals surface area contributed by atoms with Crippen LogP contribution in [0.4, 0.5) is 0 Å². The lowest BCUT2D eigenvalue weighted by Gasteiger charge is -2.32. The van der Waals surface area contributed by atoms with Crippen LogP contribution in [-0.4, -0.2) is 11.9 Å². The summed E-state index contributed by atoms with van der Waals surface area (Å²) in [5.74, 6) is 0.876. The molecule has 1 aliphatic carbocycles. The first-order chi connectivity index (χ1) is 25.2. The van der Waals surface area contributed by atoms with Crippen LogP contribution in [0.5, 0.6) is 0 Å². The van der Waals surface area contributed by atoms with Crippen LogP contribution in [0.25, 0.3) is 33.5 Å². The number of amidine groups is 1. The molecule has 2 aliphatic heterocycles. The molecular weight excluding hydrogens is 621 g/mol. The maximum absolute atomic E-state index is 5.28. The summed E-state index contributed by atoms with van der Waals surface area (Å²) in [6.45, 7) is 2.13. The molecule has 0 amide bonds. The van der Waals surface area contributed by atoms with Gasteiger partial charge in [0.25, 0.3) is 0 Å². The molecule has 4 heteroatoms. The van der Waals surface area contributed by atoms with Gasteiger partial charge in [-0.2, -0.15) is 0 Å². The molecule has 4 nitrogen and oxygen atoms in total. The first-order valence-corrected chi connectivity index (χ1v) is 17.6. The Kier molecular flexibility index (Phi) is 8.00. The lowest BCUT2D eigenvalue weighted by atomic mass is 9.91. The number of benzene rings is 6. The van der Waals surface area contributed by atoms with E-state index in [4.69, 9.17) is 4.99 Å². The molecule has 3 aliphatic rings. The number of aliphatic imine (C=N–C) groups is 1. The lowest BCUT2D eigenvalue weighted by molar-refractivity contribution is 0.409. The topological polar surface area (TPSA) is 48.5 Å². The van der Waals surface area contributed by atoms with Crippen molar-refractivity contribution in [1.82, 2.24) is 16.0 Å². The summed E-state index contributed by atoms with van der Waals surface area (Å²) in [6, 6.07) is 54.5. The summed E-state index contributed by atoms with van der Waals surface area (Å²) >= 11 is 0. The summed E-state index contributed by atoms with van der Waals surface area (Å²) in [5, 5.41) is 13.8. The number of rotatable bonds is 6. The van der Waals surface area contributed by atoms with Crippen molar-refractivity contribution in [1.29, 1.82) is 0 Å². The van der Waals surface area contributed by atoms with Gasteiger partial charge in [0, 0.05) is 10.8 Å². The van der Waals surface area contributed by atoms with E-state index in [0.717, 1.165) is 44.9 Å². The molecule has 3 N–H and O–H groups in total. The number of hydrogen-bond donors (Lipinski definition) is 3. The highest BCUT2D eigenvalue weighted by atomic mass is 15.3. The van der Waals surface area contributed by atoms with Gasteiger partial charge in [0.2, 0.25) is 0 Å². The van der Waals surface area contributed by atoms with Gasteiger partial charge < -0.3 is 10.6 Å². The van der Waals surface area contributed by atoms with Gasteiger partial charge in [-0.3, -0.25) is 5.32 Å². The molecule has 51 heavy (non-hydrogen) atoms. The summed E-state index contributed by atoms with van der Waals surface area (Å²) in [4.78, 5) is 5.28. The Labute approximate surface area is 299 Å². The van der Waals surface area contributed by atoms with Crippen molar-refractivity contribution >= 4 is 17.1 Å². The fourth-order valence-electron chi connectivity index (χ4n) is 7.36. The average molecular weight is 659 g/mol. The largest absolute Gasteiger partial charge is 0.374 e. The van der Waals surface area contributed by atoms with Crippen LogP contribution in [0.15, 0.2) is 181 Å².